The van der Waals surface area contributed by atoms with E-state index >= 15 is 0 Å². The Hall–Kier alpha value is -2.92. The Labute approximate surface area is 201 Å². The molecule has 1 heterocycles. The Morgan fingerprint density at radius 1 is 1.15 bits per heavy atom. The summed E-state index contributed by atoms with van der Waals surface area (Å²) >= 11 is 0. The molecule has 0 aromatic heterocycles. The molecular formula is C23H34N4O6S. The standard InChI is InChI=1S/C23H34N4O6S/c1-5-12-26-34(31,32)19-10-8-17(9-11-19)21(29)27-15-6-7-18(16-27)20(28)24-13-14-25-22(30)33-23(2,3)4/h5,8-11,18,26H,1,6-7,12-16H2,2-4H3,(H,24,28)(H,25,30). The Kier molecular flexibility index (Phi) is 9.63. The van der Waals surface area contributed by atoms with Crippen LogP contribution < -0.4 is 15.4 Å². The second-order valence-electron chi connectivity index (χ2n) is 8.97. The molecule has 1 aromatic rings. The smallest absolute Gasteiger partial charge is 0.407 e. The number of likely N-dealkylation sites (tertiary alicyclic amines) is 1. The topological polar surface area (TPSA) is 134 Å². The highest BCUT2D eigenvalue weighted by atomic mass is 32.2. The van der Waals surface area contributed by atoms with Crippen LogP contribution in [0, 0.1) is 5.92 Å². The van der Waals surface area contributed by atoms with Crippen molar-refractivity contribution in [1.82, 2.24) is 20.3 Å². The lowest BCUT2D eigenvalue weighted by molar-refractivity contribution is -0.126. The number of carbonyl (C=O) groups is 3. The number of amides is 3. The Bertz CT molecular complexity index is 986. The van der Waals surface area contributed by atoms with Crippen molar-refractivity contribution in [2.45, 2.75) is 44.1 Å². The molecule has 1 aromatic carbocycles. The summed E-state index contributed by atoms with van der Waals surface area (Å²) in [7, 11) is -3.67. The second-order valence-corrected chi connectivity index (χ2v) is 10.7. The van der Waals surface area contributed by atoms with Crippen LogP contribution in [-0.2, 0) is 19.6 Å². The van der Waals surface area contributed by atoms with E-state index in [0.29, 0.717) is 24.9 Å². The first-order chi connectivity index (χ1) is 15.9. The number of carbonyl (C=O) groups excluding carboxylic acids is 3. The lowest BCUT2D eigenvalue weighted by Gasteiger charge is -2.32. The number of alkyl carbamates (subject to hydrolysis) is 1. The molecule has 1 fully saturated rings. The number of sulfonamides is 1. The SMILES string of the molecule is C=CCNS(=O)(=O)c1ccc(C(=O)N2CCCC(C(=O)NCCNC(=O)OC(C)(C)C)C2)cc1. The van der Waals surface area contributed by atoms with Crippen molar-refractivity contribution in [3.05, 3.63) is 42.5 Å². The number of ether oxygens (including phenoxy) is 1. The van der Waals surface area contributed by atoms with Crippen molar-refractivity contribution < 1.29 is 27.5 Å². The Balaban J connectivity index is 1.86. The Morgan fingerprint density at radius 3 is 2.41 bits per heavy atom. The number of hydrogen-bond donors (Lipinski definition) is 3. The fourth-order valence-electron chi connectivity index (χ4n) is 3.40. The number of rotatable bonds is 9. The number of nitrogens with one attached hydrogen (secondary N) is 3. The molecule has 10 nitrogen and oxygen atoms in total. The van der Waals surface area contributed by atoms with Gasteiger partial charge in [0.25, 0.3) is 5.91 Å². The minimum Gasteiger partial charge on any atom is -0.444 e. The van der Waals surface area contributed by atoms with Crippen LogP contribution in [0.25, 0.3) is 0 Å². The molecule has 1 atom stereocenters. The third kappa shape index (κ3) is 8.45. The summed E-state index contributed by atoms with van der Waals surface area (Å²) in [6.45, 7) is 10.1. The first-order valence-corrected chi connectivity index (χ1v) is 12.7. The van der Waals surface area contributed by atoms with Crippen LogP contribution in [0.3, 0.4) is 0 Å². The van der Waals surface area contributed by atoms with E-state index in [4.69, 9.17) is 4.74 Å². The summed E-state index contributed by atoms with van der Waals surface area (Å²) in [6.07, 6.45) is 2.22. The molecule has 1 aliphatic rings. The third-order valence-electron chi connectivity index (χ3n) is 5.00. The van der Waals surface area contributed by atoms with Crippen LogP contribution in [0.2, 0.25) is 0 Å². The predicted octanol–water partition coefficient (Wildman–Crippen LogP) is 1.64. The van der Waals surface area contributed by atoms with E-state index in [0.717, 1.165) is 0 Å². The van der Waals surface area contributed by atoms with E-state index in [1.165, 1.54) is 30.3 Å². The summed E-state index contributed by atoms with van der Waals surface area (Å²) in [5, 5.41) is 5.36. The van der Waals surface area contributed by atoms with Crippen LogP contribution in [0.15, 0.2) is 41.8 Å². The van der Waals surface area contributed by atoms with Crippen molar-refractivity contribution in [2.75, 3.05) is 32.7 Å². The van der Waals surface area contributed by atoms with Crippen molar-refractivity contribution in [1.29, 1.82) is 0 Å². The van der Waals surface area contributed by atoms with Gasteiger partial charge in [-0.15, -0.1) is 6.58 Å². The molecule has 0 radical (unpaired) electrons. The monoisotopic (exact) mass is 494 g/mol. The van der Waals surface area contributed by atoms with Crippen LogP contribution in [-0.4, -0.2) is 69.6 Å². The minimum atomic E-state index is -3.67. The molecule has 1 unspecified atom stereocenters. The number of piperidine rings is 1. The van der Waals surface area contributed by atoms with Gasteiger partial charge in [0.1, 0.15) is 5.60 Å². The zero-order valence-electron chi connectivity index (χ0n) is 19.9. The van der Waals surface area contributed by atoms with Crippen LogP contribution in [0.5, 0.6) is 0 Å². The van der Waals surface area contributed by atoms with Gasteiger partial charge in [-0.2, -0.15) is 0 Å². The van der Waals surface area contributed by atoms with Gasteiger partial charge in [0.15, 0.2) is 0 Å². The first kappa shape index (κ1) is 27.3. The van der Waals surface area contributed by atoms with E-state index in [1.807, 2.05) is 0 Å². The fourth-order valence-corrected chi connectivity index (χ4v) is 4.39. The molecule has 1 saturated heterocycles. The summed E-state index contributed by atoms with van der Waals surface area (Å²) < 4.78 is 31.9. The molecular weight excluding hydrogens is 460 g/mol. The largest absolute Gasteiger partial charge is 0.444 e. The predicted molar refractivity (Wildman–Crippen MR) is 128 cm³/mol. The minimum absolute atomic E-state index is 0.0572. The molecule has 1 aliphatic heterocycles. The first-order valence-electron chi connectivity index (χ1n) is 11.2. The number of nitrogens with zero attached hydrogens (tertiary/aromatic N) is 1. The van der Waals surface area contributed by atoms with Crippen molar-refractivity contribution in [3.63, 3.8) is 0 Å². The van der Waals surface area contributed by atoms with Crippen molar-refractivity contribution >= 4 is 27.9 Å². The van der Waals surface area contributed by atoms with E-state index in [9.17, 15) is 22.8 Å². The summed E-state index contributed by atoms with van der Waals surface area (Å²) in [4.78, 5) is 38.8. The Morgan fingerprint density at radius 2 is 1.79 bits per heavy atom. The van der Waals surface area contributed by atoms with Gasteiger partial charge in [0.05, 0.1) is 10.8 Å². The van der Waals surface area contributed by atoms with Crippen LogP contribution in [0.1, 0.15) is 44.0 Å². The zero-order chi connectivity index (χ0) is 25.4. The molecule has 34 heavy (non-hydrogen) atoms. The highest BCUT2D eigenvalue weighted by Gasteiger charge is 2.29. The van der Waals surface area contributed by atoms with Gasteiger partial charge in [-0.1, -0.05) is 6.08 Å². The highest BCUT2D eigenvalue weighted by Crippen LogP contribution is 2.20. The quantitative estimate of drug-likeness (QED) is 0.353. The number of hydrogen-bond acceptors (Lipinski definition) is 6. The van der Waals surface area contributed by atoms with E-state index in [1.54, 1.807) is 25.7 Å². The fraction of sp³-hybridized carbons (Fsp3) is 0.522. The molecule has 2 rings (SSSR count). The van der Waals surface area contributed by atoms with E-state index < -0.39 is 21.7 Å². The molecule has 3 N–H and O–H groups in total. The second kappa shape index (κ2) is 12.0. The van der Waals surface area contributed by atoms with Gasteiger partial charge >= 0.3 is 6.09 Å². The maximum atomic E-state index is 12.9. The van der Waals surface area contributed by atoms with Crippen LogP contribution >= 0.6 is 0 Å². The highest BCUT2D eigenvalue weighted by molar-refractivity contribution is 7.89. The van der Waals surface area contributed by atoms with Gasteiger partial charge in [-0.25, -0.2) is 17.9 Å². The summed E-state index contributed by atoms with van der Waals surface area (Å²) in [6, 6.07) is 5.70. The molecule has 11 heteroatoms. The molecule has 0 saturated carbocycles. The van der Waals surface area contributed by atoms with Gasteiger partial charge in [0, 0.05) is 38.3 Å². The average molecular weight is 495 g/mol. The summed E-state index contributed by atoms with van der Waals surface area (Å²) in [5.41, 5.74) is -0.243. The van der Waals surface area contributed by atoms with Crippen LogP contribution in [0.4, 0.5) is 4.79 Å². The molecule has 0 spiro atoms. The molecule has 0 bridgehead atoms. The maximum Gasteiger partial charge on any atom is 0.407 e. The lowest BCUT2D eigenvalue weighted by atomic mass is 9.96. The normalized spacial score (nSPS) is 16.4. The maximum absolute atomic E-state index is 12.9. The molecule has 0 aliphatic carbocycles. The lowest BCUT2D eigenvalue weighted by Crippen LogP contribution is -2.46. The third-order valence-corrected chi connectivity index (χ3v) is 6.44. The molecule has 3 amide bonds. The van der Waals surface area contributed by atoms with Gasteiger partial charge in [-0.05, 0) is 57.9 Å². The number of benzene rings is 1. The summed E-state index contributed by atoms with van der Waals surface area (Å²) in [5.74, 6) is -0.799. The van der Waals surface area contributed by atoms with Gasteiger partial charge < -0.3 is 20.3 Å². The van der Waals surface area contributed by atoms with E-state index in [2.05, 4.69) is 21.9 Å². The van der Waals surface area contributed by atoms with Crippen molar-refractivity contribution in [2.24, 2.45) is 5.92 Å². The molecule has 188 valence electrons. The van der Waals surface area contributed by atoms with Crippen molar-refractivity contribution in [3.8, 4) is 0 Å². The van der Waals surface area contributed by atoms with Gasteiger partial charge in [-0.3, -0.25) is 9.59 Å². The zero-order valence-corrected chi connectivity index (χ0v) is 20.7. The average Bonchev–Trinajstić information content (AvgIpc) is 2.79. The van der Waals surface area contributed by atoms with E-state index in [-0.39, 0.29) is 48.8 Å². The van der Waals surface area contributed by atoms with Gasteiger partial charge in [0.2, 0.25) is 15.9 Å².